The van der Waals surface area contributed by atoms with Crippen LogP contribution in [0.2, 0.25) is 15.1 Å². The number of thioether (sulfide) groups is 1. The van der Waals surface area contributed by atoms with Crippen molar-refractivity contribution in [2.45, 2.75) is 17.6 Å². The van der Waals surface area contributed by atoms with E-state index in [1.165, 1.54) is 18.2 Å². The van der Waals surface area contributed by atoms with E-state index >= 15 is 0 Å². The third-order valence-electron chi connectivity index (χ3n) is 4.71. The maximum atomic E-state index is 12.9. The van der Waals surface area contributed by atoms with Gasteiger partial charge in [0, 0.05) is 33.7 Å². The van der Waals surface area contributed by atoms with Gasteiger partial charge in [0.2, 0.25) is 0 Å². The average molecular weight is 544 g/mol. The van der Waals surface area contributed by atoms with E-state index in [1.54, 1.807) is 55.1 Å². The first-order valence-electron chi connectivity index (χ1n) is 9.86. The Kier molecular flexibility index (Phi) is 8.95. The molecule has 0 heterocycles. The summed E-state index contributed by atoms with van der Waals surface area (Å²) in [6.07, 6.45) is 0. The highest BCUT2D eigenvalue weighted by Gasteiger charge is 2.21. The fraction of sp³-hybridized carbons (Fsp3) is 0.174. The number of anilines is 1. The number of carbonyl (C=O) groups is 1. The zero-order valence-corrected chi connectivity index (χ0v) is 21.5. The number of sulfonamides is 1. The van der Waals surface area contributed by atoms with Crippen molar-refractivity contribution in [2.75, 3.05) is 17.0 Å². The molecule has 1 amide bonds. The molecule has 0 saturated heterocycles. The van der Waals surface area contributed by atoms with Crippen LogP contribution in [0.1, 0.15) is 21.5 Å². The lowest BCUT2D eigenvalue weighted by molar-refractivity contribution is 0.0956. The molecule has 33 heavy (non-hydrogen) atoms. The second kappa shape index (κ2) is 11.5. The number of para-hydroxylation sites is 1. The van der Waals surface area contributed by atoms with Crippen molar-refractivity contribution in [3.05, 3.63) is 92.4 Å². The van der Waals surface area contributed by atoms with E-state index in [9.17, 15) is 13.2 Å². The van der Waals surface area contributed by atoms with Crippen molar-refractivity contribution in [3.63, 3.8) is 0 Å². The Hall–Kier alpha value is -1.90. The maximum absolute atomic E-state index is 12.9. The Morgan fingerprint density at radius 3 is 2.33 bits per heavy atom. The SMILES string of the molecule is Cc1ccccc1NS(=O)(=O)c1cc(C(=O)NCCSCc2c(Cl)cccc2Cl)ccc1Cl. The van der Waals surface area contributed by atoms with Crippen LogP contribution in [0.3, 0.4) is 0 Å². The number of aryl methyl sites for hydroxylation is 1. The quantitative estimate of drug-likeness (QED) is 0.305. The highest BCUT2D eigenvalue weighted by Crippen LogP contribution is 2.28. The molecule has 0 bridgehead atoms. The van der Waals surface area contributed by atoms with Gasteiger partial charge < -0.3 is 5.32 Å². The molecule has 0 atom stereocenters. The number of hydrogen-bond donors (Lipinski definition) is 2. The number of hydrogen-bond acceptors (Lipinski definition) is 4. The van der Waals surface area contributed by atoms with E-state index in [4.69, 9.17) is 34.8 Å². The van der Waals surface area contributed by atoms with Gasteiger partial charge in [-0.05, 0) is 54.4 Å². The van der Waals surface area contributed by atoms with Crippen molar-refractivity contribution in [2.24, 2.45) is 0 Å². The minimum absolute atomic E-state index is 0.0276. The van der Waals surface area contributed by atoms with E-state index in [-0.39, 0.29) is 15.5 Å². The number of carbonyl (C=O) groups excluding carboxylic acids is 1. The zero-order valence-electron chi connectivity index (χ0n) is 17.6. The number of rotatable bonds is 9. The molecule has 2 N–H and O–H groups in total. The molecule has 0 aliphatic carbocycles. The van der Waals surface area contributed by atoms with Crippen molar-refractivity contribution in [1.29, 1.82) is 0 Å². The molecule has 174 valence electrons. The van der Waals surface area contributed by atoms with Crippen LogP contribution in [0.5, 0.6) is 0 Å². The van der Waals surface area contributed by atoms with E-state index in [0.29, 0.717) is 33.8 Å². The van der Waals surface area contributed by atoms with Gasteiger partial charge in [0.05, 0.1) is 10.7 Å². The van der Waals surface area contributed by atoms with Gasteiger partial charge in [0.25, 0.3) is 15.9 Å². The van der Waals surface area contributed by atoms with Crippen LogP contribution in [-0.2, 0) is 15.8 Å². The minimum Gasteiger partial charge on any atom is -0.351 e. The molecule has 3 aromatic carbocycles. The van der Waals surface area contributed by atoms with Crippen molar-refractivity contribution >= 4 is 68.2 Å². The van der Waals surface area contributed by atoms with Crippen molar-refractivity contribution in [1.82, 2.24) is 5.32 Å². The Labute approximate surface area is 212 Å². The second-order valence-corrected chi connectivity index (χ2v) is 11.1. The van der Waals surface area contributed by atoms with Gasteiger partial charge in [-0.1, -0.05) is 59.1 Å². The van der Waals surface area contributed by atoms with E-state index in [2.05, 4.69) is 10.0 Å². The normalized spacial score (nSPS) is 11.3. The van der Waals surface area contributed by atoms with Gasteiger partial charge in [0.1, 0.15) is 4.90 Å². The molecule has 0 fully saturated rings. The fourth-order valence-corrected chi connectivity index (χ4v) is 6.17. The monoisotopic (exact) mass is 542 g/mol. The average Bonchev–Trinajstić information content (AvgIpc) is 2.77. The second-order valence-electron chi connectivity index (χ2n) is 7.07. The third-order valence-corrected chi connectivity index (χ3v) is 8.25. The predicted molar refractivity (Wildman–Crippen MR) is 138 cm³/mol. The van der Waals surface area contributed by atoms with Gasteiger partial charge in [-0.15, -0.1) is 0 Å². The summed E-state index contributed by atoms with van der Waals surface area (Å²) < 4.78 is 28.3. The summed E-state index contributed by atoms with van der Waals surface area (Å²) in [5.41, 5.74) is 2.26. The van der Waals surface area contributed by atoms with Crippen molar-refractivity contribution in [3.8, 4) is 0 Å². The molecular weight excluding hydrogens is 523 g/mol. The summed E-state index contributed by atoms with van der Waals surface area (Å²) in [4.78, 5) is 12.4. The fourth-order valence-electron chi connectivity index (χ4n) is 2.92. The molecule has 3 aromatic rings. The zero-order chi connectivity index (χ0) is 24.0. The molecule has 0 aromatic heterocycles. The van der Waals surface area contributed by atoms with Crippen LogP contribution in [0.4, 0.5) is 5.69 Å². The summed E-state index contributed by atoms with van der Waals surface area (Å²) in [6, 6.07) is 16.5. The number of nitrogens with one attached hydrogen (secondary N) is 2. The lowest BCUT2D eigenvalue weighted by Gasteiger charge is -2.13. The first kappa shape index (κ1) is 25.7. The van der Waals surface area contributed by atoms with E-state index < -0.39 is 15.9 Å². The van der Waals surface area contributed by atoms with Gasteiger partial charge in [-0.2, -0.15) is 11.8 Å². The first-order valence-corrected chi connectivity index (χ1v) is 13.6. The molecule has 0 radical (unpaired) electrons. The Bertz CT molecular complexity index is 1250. The summed E-state index contributed by atoms with van der Waals surface area (Å²) in [6.45, 7) is 2.18. The molecule has 5 nitrogen and oxygen atoms in total. The molecule has 0 aliphatic heterocycles. The first-order chi connectivity index (χ1) is 15.7. The predicted octanol–water partition coefficient (Wildman–Crippen LogP) is 6.42. The Balaban J connectivity index is 1.61. The molecule has 10 heteroatoms. The Morgan fingerprint density at radius 1 is 0.939 bits per heavy atom. The van der Waals surface area contributed by atoms with E-state index in [1.807, 2.05) is 6.07 Å². The van der Waals surface area contributed by atoms with Gasteiger partial charge in [-0.3, -0.25) is 9.52 Å². The minimum atomic E-state index is -3.98. The molecule has 3 rings (SSSR count). The lowest BCUT2D eigenvalue weighted by Crippen LogP contribution is -2.26. The maximum Gasteiger partial charge on any atom is 0.263 e. The highest BCUT2D eigenvalue weighted by molar-refractivity contribution is 7.98. The van der Waals surface area contributed by atoms with Crippen LogP contribution >= 0.6 is 46.6 Å². The number of benzene rings is 3. The molecule has 0 saturated carbocycles. The van der Waals surface area contributed by atoms with Gasteiger partial charge in [0.15, 0.2) is 0 Å². The van der Waals surface area contributed by atoms with Gasteiger partial charge >= 0.3 is 0 Å². The van der Waals surface area contributed by atoms with Crippen LogP contribution in [0.25, 0.3) is 0 Å². The van der Waals surface area contributed by atoms with Crippen LogP contribution in [0.15, 0.2) is 65.6 Å². The topological polar surface area (TPSA) is 75.3 Å². The summed E-state index contributed by atoms with van der Waals surface area (Å²) >= 11 is 20.0. The smallest absolute Gasteiger partial charge is 0.263 e. The van der Waals surface area contributed by atoms with Gasteiger partial charge in [-0.25, -0.2) is 8.42 Å². The summed E-state index contributed by atoms with van der Waals surface area (Å²) in [5, 5.41) is 4.02. The highest BCUT2D eigenvalue weighted by atomic mass is 35.5. The standard InChI is InChI=1S/C23H21Cl3N2O3S2/c1-15-5-2-3-8-21(15)28-33(30,31)22-13-16(9-10-20(22)26)23(29)27-11-12-32-14-17-18(24)6-4-7-19(17)25/h2-10,13,28H,11-12,14H2,1H3,(H,27,29). The van der Waals surface area contributed by atoms with Crippen LogP contribution in [-0.4, -0.2) is 26.6 Å². The third kappa shape index (κ3) is 6.80. The molecular formula is C23H21Cl3N2O3S2. The summed E-state index contributed by atoms with van der Waals surface area (Å²) in [7, 11) is -3.98. The number of halogens is 3. The van der Waals surface area contributed by atoms with E-state index in [0.717, 1.165) is 11.1 Å². The lowest BCUT2D eigenvalue weighted by atomic mass is 10.2. The van der Waals surface area contributed by atoms with Crippen molar-refractivity contribution < 1.29 is 13.2 Å². The summed E-state index contributed by atoms with van der Waals surface area (Å²) in [5.74, 6) is 0.846. The number of amides is 1. The molecule has 0 spiro atoms. The molecule has 0 aliphatic rings. The van der Waals surface area contributed by atoms with Crippen LogP contribution in [0, 0.1) is 6.92 Å². The Morgan fingerprint density at radius 2 is 1.64 bits per heavy atom. The largest absolute Gasteiger partial charge is 0.351 e. The molecule has 0 unspecified atom stereocenters. The van der Waals surface area contributed by atoms with Crippen LogP contribution < -0.4 is 10.0 Å².